The minimum absolute atomic E-state index is 0.300. The Balaban J connectivity index is 3.11. The number of benzene rings is 1. The molecule has 1 rings (SSSR count). The number of aliphatic hydroxyl groups is 1. The number of nitrogens with two attached hydrogens (primary N) is 1. The summed E-state index contributed by atoms with van der Waals surface area (Å²) in [4.78, 5) is 0. The molecule has 0 saturated heterocycles. The van der Waals surface area contributed by atoms with Gasteiger partial charge < -0.3 is 15.6 Å². The zero-order chi connectivity index (χ0) is 11.4. The van der Waals surface area contributed by atoms with Gasteiger partial charge in [0, 0.05) is 11.6 Å². The Kier molecular flexibility index (Phi) is 4.12. The van der Waals surface area contributed by atoms with Crippen LogP contribution in [0.4, 0.5) is 0 Å². The van der Waals surface area contributed by atoms with Crippen molar-refractivity contribution in [3.63, 3.8) is 0 Å². The van der Waals surface area contributed by atoms with Gasteiger partial charge in [-0.1, -0.05) is 13.0 Å². The Morgan fingerprint density at radius 1 is 1.47 bits per heavy atom. The van der Waals surface area contributed by atoms with Crippen LogP contribution in [-0.4, -0.2) is 18.3 Å². The fourth-order valence-electron chi connectivity index (χ4n) is 1.52. The number of aliphatic hydroxyl groups excluding tert-OH is 1. The Morgan fingerprint density at radius 2 is 2.13 bits per heavy atom. The van der Waals surface area contributed by atoms with E-state index in [1.54, 1.807) is 14.0 Å². The Bertz CT molecular complexity index is 323. The maximum atomic E-state index is 9.92. The Labute approximate surface area is 90.9 Å². The molecule has 2 atom stereocenters. The number of methoxy groups -OCH3 is 1. The zero-order valence-corrected chi connectivity index (χ0v) is 9.53. The van der Waals surface area contributed by atoms with Crippen molar-refractivity contribution in [1.82, 2.24) is 0 Å². The first kappa shape index (κ1) is 12.0. The van der Waals surface area contributed by atoms with Crippen LogP contribution in [0, 0.1) is 0 Å². The van der Waals surface area contributed by atoms with Crippen LogP contribution in [0.2, 0.25) is 0 Å². The van der Waals surface area contributed by atoms with Gasteiger partial charge >= 0.3 is 0 Å². The van der Waals surface area contributed by atoms with Gasteiger partial charge in [-0.3, -0.25) is 0 Å². The van der Waals surface area contributed by atoms with Gasteiger partial charge in [-0.25, -0.2) is 0 Å². The molecule has 0 heterocycles. The highest BCUT2D eigenvalue weighted by atomic mass is 16.5. The zero-order valence-electron chi connectivity index (χ0n) is 9.53. The van der Waals surface area contributed by atoms with E-state index in [1.807, 2.05) is 18.2 Å². The first-order valence-electron chi connectivity index (χ1n) is 5.20. The van der Waals surface area contributed by atoms with E-state index in [-0.39, 0.29) is 6.04 Å². The molecule has 15 heavy (non-hydrogen) atoms. The van der Waals surface area contributed by atoms with E-state index in [9.17, 15) is 5.11 Å². The van der Waals surface area contributed by atoms with Crippen molar-refractivity contribution in [2.45, 2.75) is 32.4 Å². The first-order valence-corrected chi connectivity index (χ1v) is 5.20. The van der Waals surface area contributed by atoms with Crippen LogP contribution in [0.15, 0.2) is 18.2 Å². The number of rotatable bonds is 4. The number of hydrogen-bond acceptors (Lipinski definition) is 3. The summed E-state index contributed by atoms with van der Waals surface area (Å²) < 4.78 is 5.20. The molecule has 0 spiro atoms. The van der Waals surface area contributed by atoms with Crippen molar-refractivity contribution < 1.29 is 9.84 Å². The van der Waals surface area contributed by atoms with Crippen LogP contribution in [0.25, 0.3) is 0 Å². The summed E-state index contributed by atoms with van der Waals surface area (Å²) in [6.45, 7) is 3.85. The Morgan fingerprint density at radius 3 is 2.60 bits per heavy atom. The largest absolute Gasteiger partial charge is 0.496 e. The summed E-state index contributed by atoms with van der Waals surface area (Å²) in [7, 11) is 1.60. The van der Waals surface area contributed by atoms with E-state index in [4.69, 9.17) is 10.5 Å². The van der Waals surface area contributed by atoms with E-state index < -0.39 is 6.10 Å². The lowest BCUT2D eigenvalue weighted by atomic mass is 9.99. The minimum Gasteiger partial charge on any atom is -0.496 e. The normalized spacial score (nSPS) is 14.7. The van der Waals surface area contributed by atoms with Crippen LogP contribution in [0.5, 0.6) is 5.75 Å². The van der Waals surface area contributed by atoms with Crippen molar-refractivity contribution in [2.24, 2.45) is 5.73 Å². The van der Waals surface area contributed by atoms with Crippen molar-refractivity contribution in [3.8, 4) is 5.75 Å². The molecule has 2 unspecified atom stereocenters. The lowest BCUT2D eigenvalue weighted by Crippen LogP contribution is -2.24. The predicted molar refractivity (Wildman–Crippen MR) is 61.0 cm³/mol. The van der Waals surface area contributed by atoms with E-state index in [2.05, 4.69) is 6.92 Å². The van der Waals surface area contributed by atoms with Gasteiger partial charge in [-0.15, -0.1) is 0 Å². The van der Waals surface area contributed by atoms with E-state index >= 15 is 0 Å². The third kappa shape index (κ3) is 2.70. The third-order valence-corrected chi connectivity index (χ3v) is 2.52. The molecule has 0 aliphatic carbocycles. The van der Waals surface area contributed by atoms with Crippen LogP contribution < -0.4 is 10.5 Å². The summed E-state index contributed by atoms with van der Waals surface area (Å²) >= 11 is 0. The molecule has 3 nitrogen and oxygen atoms in total. The third-order valence-electron chi connectivity index (χ3n) is 2.52. The molecular weight excluding hydrogens is 190 g/mol. The molecular formula is C12H19NO2. The van der Waals surface area contributed by atoms with Crippen LogP contribution >= 0.6 is 0 Å². The quantitative estimate of drug-likeness (QED) is 0.792. The van der Waals surface area contributed by atoms with Crippen LogP contribution in [0.1, 0.15) is 31.1 Å². The van der Waals surface area contributed by atoms with Gasteiger partial charge in [0.15, 0.2) is 0 Å². The summed E-state index contributed by atoms with van der Waals surface area (Å²) in [6.07, 6.45) is 0.259. The molecule has 0 aliphatic rings. The van der Waals surface area contributed by atoms with Gasteiger partial charge in [0.05, 0.1) is 13.2 Å². The summed E-state index contributed by atoms with van der Waals surface area (Å²) in [5.41, 5.74) is 7.62. The molecule has 1 aromatic rings. The van der Waals surface area contributed by atoms with Crippen molar-refractivity contribution in [2.75, 3.05) is 7.11 Å². The smallest absolute Gasteiger partial charge is 0.124 e. The minimum atomic E-state index is -0.675. The standard InChI is InChI=1S/C12H19NO2/c1-4-9-5-6-11(15-3)10(7-9)12(14)8(2)13/h5-8,12,14H,4,13H2,1-3H3. The number of aryl methyl sites for hydroxylation is 1. The molecule has 0 aromatic heterocycles. The highest BCUT2D eigenvalue weighted by molar-refractivity contribution is 5.39. The van der Waals surface area contributed by atoms with Gasteiger partial charge in [-0.2, -0.15) is 0 Å². The summed E-state index contributed by atoms with van der Waals surface area (Å²) in [6, 6.07) is 5.52. The molecule has 0 fully saturated rings. The first-order chi connectivity index (χ1) is 7.10. The van der Waals surface area contributed by atoms with Gasteiger partial charge in [-0.05, 0) is 31.0 Å². The SMILES string of the molecule is CCc1ccc(OC)c(C(O)C(C)N)c1. The molecule has 0 saturated carbocycles. The lowest BCUT2D eigenvalue weighted by molar-refractivity contribution is 0.149. The average Bonchev–Trinajstić information content (AvgIpc) is 2.27. The van der Waals surface area contributed by atoms with Gasteiger partial charge in [0.2, 0.25) is 0 Å². The van der Waals surface area contributed by atoms with Crippen LogP contribution in [0.3, 0.4) is 0 Å². The highest BCUT2D eigenvalue weighted by Gasteiger charge is 2.17. The maximum Gasteiger partial charge on any atom is 0.124 e. The lowest BCUT2D eigenvalue weighted by Gasteiger charge is -2.18. The molecule has 3 N–H and O–H groups in total. The highest BCUT2D eigenvalue weighted by Crippen LogP contribution is 2.27. The predicted octanol–water partition coefficient (Wildman–Crippen LogP) is 1.64. The average molecular weight is 209 g/mol. The number of ether oxygens (including phenoxy) is 1. The monoisotopic (exact) mass is 209 g/mol. The molecule has 3 heteroatoms. The van der Waals surface area contributed by atoms with E-state index in [1.165, 1.54) is 5.56 Å². The fraction of sp³-hybridized carbons (Fsp3) is 0.500. The fourth-order valence-corrected chi connectivity index (χ4v) is 1.52. The molecule has 1 aromatic carbocycles. The molecule has 84 valence electrons. The summed E-state index contributed by atoms with van der Waals surface area (Å²) in [5, 5.41) is 9.92. The van der Waals surface area contributed by atoms with Gasteiger partial charge in [0.25, 0.3) is 0 Å². The molecule has 0 amide bonds. The second-order valence-electron chi connectivity index (χ2n) is 3.73. The second-order valence-corrected chi connectivity index (χ2v) is 3.73. The topological polar surface area (TPSA) is 55.5 Å². The maximum absolute atomic E-state index is 9.92. The molecule has 0 bridgehead atoms. The van der Waals surface area contributed by atoms with E-state index in [0.29, 0.717) is 5.75 Å². The van der Waals surface area contributed by atoms with Crippen molar-refractivity contribution in [1.29, 1.82) is 0 Å². The summed E-state index contributed by atoms with van der Waals surface area (Å²) in [5.74, 6) is 0.692. The second kappa shape index (κ2) is 5.14. The van der Waals surface area contributed by atoms with Crippen molar-refractivity contribution in [3.05, 3.63) is 29.3 Å². The number of hydrogen-bond donors (Lipinski definition) is 2. The Hall–Kier alpha value is -1.06. The van der Waals surface area contributed by atoms with E-state index in [0.717, 1.165) is 12.0 Å². The molecule has 0 aliphatic heterocycles. The van der Waals surface area contributed by atoms with Crippen molar-refractivity contribution >= 4 is 0 Å². The molecule has 0 radical (unpaired) electrons. The van der Waals surface area contributed by atoms with Gasteiger partial charge in [0.1, 0.15) is 5.75 Å². The van der Waals surface area contributed by atoms with Crippen LogP contribution in [-0.2, 0) is 6.42 Å².